The summed E-state index contributed by atoms with van der Waals surface area (Å²) in [6.45, 7) is 0.329. The molecule has 5 heteroatoms. The van der Waals surface area contributed by atoms with Gasteiger partial charge in [0, 0.05) is 7.05 Å². The summed E-state index contributed by atoms with van der Waals surface area (Å²) in [6.07, 6.45) is -2.85. The minimum Gasteiger partial charge on any atom is -0.470 e. The van der Waals surface area contributed by atoms with Crippen LogP contribution in [-0.2, 0) is 4.74 Å². The highest BCUT2D eigenvalue weighted by molar-refractivity contribution is 4.85. The molecule has 0 aromatic heterocycles. The van der Waals surface area contributed by atoms with Crippen LogP contribution in [-0.4, -0.2) is 19.8 Å². The number of hydrogen-bond acceptors (Lipinski definition) is 2. The van der Waals surface area contributed by atoms with Gasteiger partial charge < -0.3 is 10.1 Å². The van der Waals surface area contributed by atoms with Gasteiger partial charge in [0.1, 0.15) is 0 Å². The molecule has 2 nitrogen and oxygen atoms in total. The lowest BCUT2D eigenvalue weighted by Crippen LogP contribution is -2.20. The summed E-state index contributed by atoms with van der Waals surface area (Å²) in [5.41, 5.74) is 0. The maximum absolute atomic E-state index is 11.5. The molecule has 0 radical (unpaired) electrons. The van der Waals surface area contributed by atoms with E-state index in [4.69, 9.17) is 0 Å². The molecule has 66 valence electrons. The maximum Gasteiger partial charge on any atom is 0.422 e. The first-order chi connectivity index (χ1) is 4.99. The molecule has 0 aliphatic heterocycles. The molecule has 1 N–H and O–H groups in total. The lowest BCUT2D eigenvalue weighted by atomic mass is 10.6. The molecular weight excluding hydrogens is 159 g/mol. The Hall–Kier alpha value is -0.870. The summed E-state index contributed by atoms with van der Waals surface area (Å²) in [5.74, 6) is 0.127. The second kappa shape index (κ2) is 4.10. The van der Waals surface area contributed by atoms with E-state index in [9.17, 15) is 13.2 Å². The van der Waals surface area contributed by atoms with Crippen LogP contribution in [0.3, 0.4) is 0 Å². The van der Waals surface area contributed by atoms with Crippen molar-refractivity contribution in [2.75, 3.05) is 13.7 Å². The van der Waals surface area contributed by atoms with Gasteiger partial charge in [0.15, 0.2) is 12.5 Å². The summed E-state index contributed by atoms with van der Waals surface area (Å²) >= 11 is 0. The quantitative estimate of drug-likeness (QED) is 0.648. The third kappa shape index (κ3) is 5.57. The van der Waals surface area contributed by atoms with Crippen molar-refractivity contribution >= 4 is 0 Å². The highest BCUT2D eigenvalue weighted by Crippen LogP contribution is 2.15. The van der Waals surface area contributed by atoms with Gasteiger partial charge in [-0.2, -0.15) is 13.2 Å². The zero-order valence-corrected chi connectivity index (χ0v) is 6.33. The highest BCUT2D eigenvalue weighted by atomic mass is 19.4. The highest BCUT2D eigenvalue weighted by Gasteiger charge is 2.28. The molecule has 0 unspecified atom stereocenters. The lowest BCUT2D eigenvalue weighted by Gasteiger charge is -2.10. The maximum atomic E-state index is 11.5. The van der Waals surface area contributed by atoms with Crippen LogP contribution in [0.4, 0.5) is 13.2 Å². The first-order valence-electron chi connectivity index (χ1n) is 3.03. The van der Waals surface area contributed by atoms with E-state index in [-0.39, 0.29) is 5.88 Å². The van der Waals surface area contributed by atoms with Gasteiger partial charge in [-0.05, 0) is 13.0 Å². The fourth-order valence-corrected chi connectivity index (χ4v) is 0.459. The molecule has 0 aromatic carbocycles. The average Bonchev–Trinajstić information content (AvgIpc) is 1.88. The minimum atomic E-state index is -4.27. The van der Waals surface area contributed by atoms with Crippen molar-refractivity contribution in [2.45, 2.75) is 13.1 Å². The van der Waals surface area contributed by atoms with E-state index in [1.54, 1.807) is 6.92 Å². The van der Waals surface area contributed by atoms with Crippen molar-refractivity contribution in [1.82, 2.24) is 5.32 Å². The van der Waals surface area contributed by atoms with Crippen LogP contribution in [0, 0.1) is 0 Å². The van der Waals surface area contributed by atoms with E-state index in [0.717, 1.165) is 0 Å². The summed E-state index contributed by atoms with van der Waals surface area (Å²) < 4.78 is 38.9. The van der Waals surface area contributed by atoms with Gasteiger partial charge in [-0.15, -0.1) is 0 Å². The molecular formula is C6H10F3NO. The van der Waals surface area contributed by atoms with Crippen molar-refractivity contribution in [1.29, 1.82) is 0 Å². The Kier molecular flexibility index (Phi) is 3.78. The van der Waals surface area contributed by atoms with Gasteiger partial charge in [-0.3, -0.25) is 0 Å². The second-order valence-corrected chi connectivity index (χ2v) is 1.81. The number of allylic oxidation sites excluding steroid dienone is 1. The van der Waals surface area contributed by atoms with Crippen LogP contribution >= 0.6 is 0 Å². The average molecular weight is 169 g/mol. The standard InChI is InChI=1S/C6H10F3NO/c1-3-5(10-2)11-4-6(7,8)9/h3,10H,4H2,1-2H3. The molecule has 0 bridgehead atoms. The summed E-state index contributed by atoms with van der Waals surface area (Å²) in [7, 11) is 1.49. The van der Waals surface area contributed by atoms with E-state index in [0.29, 0.717) is 0 Å². The predicted octanol–water partition coefficient (Wildman–Crippen LogP) is 1.65. The van der Waals surface area contributed by atoms with Gasteiger partial charge in [0.2, 0.25) is 0 Å². The Labute approximate surface area is 63.0 Å². The van der Waals surface area contributed by atoms with Crippen molar-refractivity contribution in [3.05, 3.63) is 12.0 Å². The molecule has 0 saturated heterocycles. The summed E-state index contributed by atoms with van der Waals surface area (Å²) in [6, 6.07) is 0. The fourth-order valence-electron chi connectivity index (χ4n) is 0.459. The van der Waals surface area contributed by atoms with Crippen molar-refractivity contribution in [3.8, 4) is 0 Å². The van der Waals surface area contributed by atoms with Crippen LogP contribution in [0.25, 0.3) is 0 Å². The predicted molar refractivity (Wildman–Crippen MR) is 34.8 cm³/mol. The molecule has 0 spiro atoms. The SMILES string of the molecule is CC=C(NC)OCC(F)(F)F. The molecule has 0 aromatic rings. The number of hydrogen-bond donors (Lipinski definition) is 1. The Bertz CT molecular complexity index is 141. The van der Waals surface area contributed by atoms with Gasteiger partial charge >= 0.3 is 6.18 Å². The van der Waals surface area contributed by atoms with Crippen molar-refractivity contribution in [2.24, 2.45) is 0 Å². The van der Waals surface area contributed by atoms with Crippen LogP contribution < -0.4 is 5.32 Å². The number of nitrogens with one attached hydrogen (secondary N) is 1. The van der Waals surface area contributed by atoms with Crippen LogP contribution in [0.5, 0.6) is 0 Å². The summed E-state index contributed by atoms with van der Waals surface area (Å²) in [4.78, 5) is 0. The third-order valence-electron chi connectivity index (χ3n) is 0.900. The topological polar surface area (TPSA) is 21.3 Å². The molecule has 0 amide bonds. The zero-order valence-electron chi connectivity index (χ0n) is 6.33. The number of halogens is 3. The summed E-state index contributed by atoms with van der Waals surface area (Å²) in [5, 5.41) is 2.46. The zero-order chi connectivity index (χ0) is 8.91. The second-order valence-electron chi connectivity index (χ2n) is 1.81. The molecule has 11 heavy (non-hydrogen) atoms. The van der Waals surface area contributed by atoms with E-state index in [1.807, 2.05) is 0 Å². The Balaban J connectivity index is 3.70. The van der Waals surface area contributed by atoms with Gasteiger partial charge in [0.25, 0.3) is 0 Å². The molecule has 0 rings (SSSR count). The molecule has 0 aliphatic rings. The van der Waals surface area contributed by atoms with E-state index in [1.165, 1.54) is 13.1 Å². The minimum absolute atomic E-state index is 0.127. The van der Waals surface area contributed by atoms with Gasteiger partial charge in [-0.1, -0.05) is 0 Å². The van der Waals surface area contributed by atoms with Crippen molar-refractivity contribution < 1.29 is 17.9 Å². The van der Waals surface area contributed by atoms with Crippen LogP contribution in [0.2, 0.25) is 0 Å². The van der Waals surface area contributed by atoms with Crippen LogP contribution in [0.1, 0.15) is 6.92 Å². The van der Waals surface area contributed by atoms with Gasteiger partial charge in [0.05, 0.1) is 0 Å². The van der Waals surface area contributed by atoms with E-state index >= 15 is 0 Å². The van der Waals surface area contributed by atoms with Gasteiger partial charge in [-0.25, -0.2) is 0 Å². The smallest absolute Gasteiger partial charge is 0.422 e. The normalized spacial score (nSPS) is 13.0. The van der Waals surface area contributed by atoms with Crippen molar-refractivity contribution in [3.63, 3.8) is 0 Å². The largest absolute Gasteiger partial charge is 0.470 e. The lowest BCUT2D eigenvalue weighted by molar-refractivity contribution is -0.166. The Morgan fingerprint density at radius 2 is 2.09 bits per heavy atom. The van der Waals surface area contributed by atoms with E-state index in [2.05, 4.69) is 10.1 Å². The first kappa shape index (κ1) is 10.1. The van der Waals surface area contributed by atoms with E-state index < -0.39 is 12.8 Å². The molecule has 0 saturated carbocycles. The monoisotopic (exact) mass is 169 g/mol. The molecule has 0 fully saturated rings. The fraction of sp³-hybridized carbons (Fsp3) is 0.667. The first-order valence-corrected chi connectivity index (χ1v) is 3.03. The number of ether oxygens (including phenoxy) is 1. The number of rotatable bonds is 3. The van der Waals surface area contributed by atoms with Crippen LogP contribution in [0.15, 0.2) is 12.0 Å². The molecule has 0 atom stereocenters. The Morgan fingerprint density at radius 1 is 1.55 bits per heavy atom. The third-order valence-corrected chi connectivity index (χ3v) is 0.900. The molecule has 0 heterocycles. The Morgan fingerprint density at radius 3 is 2.36 bits per heavy atom. The molecule has 0 aliphatic carbocycles. The number of alkyl halides is 3.